The van der Waals surface area contributed by atoms with Crippen LogP contribution in [0.3, 0.4) is 0 Å². The summed E-state index contributed by atoms with van der Waals surface area (Å²) in [6.45, 7) is 0.819. The van der Waals surface area contributed by atoms with Gasteiger partial charge in [0.15, 0.2) is 5.82 Å². The van der Waals surface area contributed by atoms with Gasteiger partial charge in [-0.3, -0.25) is 4.98 Å². The summed E-state index contributed by atoms with van der Waals surface area (Å²) in [6, 6.07) is 5.88. The highest BCUT2D eigenvalue weighted by atomic mass is 16.5. The van der Waals surface area contributed by atoms with E-state index < -0.39 is 0 Å². The Hall–Kier alpha value is -1.79. The number of nitrogens with one attached hydrogen (secondary N) is 1. The first-order valence-electron chi connectivity index (χ1n) is 6.33. The van der Waals surface area contributed by atoms with Gasteiger partial charge >= 0.3 is 0 Å². The summed E-state index contributed by atoms with van der Waals surface area (Å²) in [5, 5.41) is 7.31. The summed E-state index contributed by atoms with van der Waals surface area (Å²) < 4.78 is 10.6. The maximum atomic E-state index is 5.31. The Morgan fingerprint density at radius 2 is 2.42 bits per heavy atom. The van der Waals surface area contributed by atoms with Crippen molar-refractivity contribution in [1.29, 1.82) is 0 Å². The molecule has 1 fully saturated rings. The Morgan fingerprint density at radius 1 is 1.47 bits per heavy atom. The monoisotopic (exact) mass is 260 g/mol. The van der Waals surface area contributed by atoms with Crippen LogP contribution >= 0.6 is 0 Å². The molecule has 1 N–H and O–H groups in total. The van der Waals surface area contributed by atoms with Gasteiger partial charge in [0.05, 0.1) is 18.6 Å². The second-order valence-electron chi connectivity index (χ2n) is 4.60. The van der Waals surface area contributed by atoms with Gasteiger partial charge in [-0.1, -0.05) is 11.2 Å². The van der Waals surface area contributed by atoms with Crippen molar-refractivity contribution in [3.8, 4) is 0 Å². The molecule has 0 amide bonds. The largest absolute Gasteiger partial charge is 0.380 e. The number of nitrogens with zero attached hydrogens (tertiary/aromatic N) is 3. The SMILES string of the molecule is COC1CNC(c2nc(Cc3ccccn3)no2)C1. The van der Waals surface area contributed by atoms with Crippen LogP contribution in [0.1, 0.15) is 29.9 Å². The van der Waals surface area contributed by atoms with Gasteiger partial charge < -0.3 is 14.6 Å². The minimum atomic E-state index is 0.0925. The summed E-state index contributed by atoms with van der Waals surface area (Å²) in [5.41, 5.74) is 0.934. The zero-order chi connectivity index (χ0) is 13.1. The van der Waals surface area contributed by atoms with E-state index in [4.69, 9.17) is 9.26 Å². The predicted molar refractivity (Wildman–Crippen MR) is 67.5 cm³/mol. The molecule has 2 unspecified atom stereocenters. The lowest BCUT2D eigenvalue weighted by molar-refractivity contribution is 0.116. The third-order valence-electron chi connectivity index (χ3n) is 3.27. The van der Waals surface area contributed by atoms with Crippen LogP contribution in [0.4, 0.5) is 0 Å². The Kier molecular flexibility index (Phi) is 3.52. The number of ether oxygens (including phenoxy) is 1. The van der Waals surface area contributed by atoms with Gasteiger partial charge in [0, 0.05) is 25.5 Å². The molecule has 3 heterocycles. The zero-order valence-corrected chi connectivity index (χ0v) is 10.7. The van der Waals surface area contributed by atoms with Crippen LogP contribution in [-0.4, -0.2) is 34.9 Å². The van der Waals surface area contributed by atoms with Crippen molar-refractivity contribution >= 4 is 0 Å². The van der Waals surface area contributed by atoms with E-state index in [0.29, 0.717) is 18.1 Å². The van der Waals surface area contributed by atoms with Gasteiger partial charge in [-0.25, -0.2) is 0 Å². The predicted octanol–water partition coefficient (Wildman–Crippen LogP) is 1.10. The molecule has 0 radical (unpaired) electrons. The second kappa shape index (κ2) is 5.46. The molecular formula is C13H16N4O2. The van der Waals surface area contributed by atoms with Crippen molar-refractivity contribution in [1.82, 2.24) is 20.4 Å². The molecule has 3 rings (SSSR count). The van der Waals surface area contributed by atoms with E-state index in [1.54, 1.807) is 13.3 Å². The smallest absolute Gasteiger partial charge is 0.243 e. The Morgan fingerprint density at radius 3 is 3.16 bits per heavy atom. The number of hydrogen-bond acceptors (Lipinski definition) is 6. The van der Waals surface area contributed by atoms with Crippen LogP contribution in [0, 0.1) is 0 Å². The van der Waals surface area contributed by atoms with E-state index in [1.165, 1.54) is 0 Å². The molecule has 0 bridgehead atoms. The van der Waals surface area contributed by atoms with Crippen LogP contribution < -0.4 is 5.32 Å². The van der Waals surface area contributed by atoms with Gasteiger partial charge in [-0.05, 0) is 18.6 Å². The van der Waals surface area contributed by atoms with E-state index >= 15 is 0 Å². The average Bonchev–Trinajstić information content (AvgIpc) is 3.08. The summed E-state index contributed by atoms with van der Waals surface area (Å²) in [5.74, 6) is 1.29. The molecule has 19 heavy (non-hydrogen) atoms. The quantitative estimate of drug-likeness (QED) is 0.887. The van der Waals surface area contributed by atoms with Crippen LogP contribution in [0.2, 0.25) is 0 Å². The van der Waals surface area contributed by atoms with Crippen LogP contribution in [0.15, 0.2) is 28.9 Å². The lowest BCUT2D eigenvalue weighted by Crippen LogP contribution is -2.16. The van der Waals surface area contributed by atoms with Gasteiger partial charge in [-0.2, -0.15) is 4.98 Å². The van der Waals surface area contributed by atoms with Crippen LogP contribution in [0.5, 0.6) is 0 Å². The van der Waals surface area contributed by atoms with E-state index in [9.17, 15) is 0 Å². The zero-order valence-electron chi connectivity index (χ0n) is 10.7. The molecule has 100 valence electrons. The van der Waals surface area contributed by atoms with Crippen molar-refractivity contribution in [3.05, 3.63) is 41.8 Å². The van der Waals surface area contributed by atoms with Crippen molar-refractivity contribution in [2.45, 2.75) is 25.0 Å². The van der Waals surface area contributed by atoms with Gasteiger partial charge in [-0.15, -0.1) is 0 Å². The van der Waals surface area contributed by atoms with Gasteiger partial charge in [0.25, 0.3) is 0 Å². The van der Waals surface area contributed by atoms with Crippen molar-refractivity contribution in [3.63, 3.8) is 0 Å². The molecule has 0 saturated carbocycles. The number of rotatable bonds is 4. The molecule has 6 heteroatoms. The van der Waals surface area contributed by atoms with Crippen molar-refractivity contribution in [2.24, 2.45) is 0 Å². The molecule has 0 aliphatic carbocycles. The Bertz CT molecular complexity index is 528. The Labute approximate surface area is 111 Å². The summed E-state index contributed by atoms with van der Waals surface area (Å²) in [4.78, 5) is 8.67. The standard InChI is InChI=1S/C13H16N4O2/c1-18-10-7-11(15-8-10)13-16-12(17-19-13)6-9-4-2-3-5-14-9/h2-5,10-11,15H,6-8H2,1H3. The minimum absolute atomic E-state index is 0.0925. The lowest BCUT2D eigenvalue weighted by Gasteiger charge is -2.04. The maximum Gasteiger partial charge on any atom is 0.243 e. The average molecular weight is 260 g/mol. The summed E-state index contributed by atoms with van der Waals surface area (Å²) >= 11 is 0. The molecule has 1 saturated heterocycles. The fourth-order valence-corrected chi connectivity index (χ4v) is 2.22. The van der Waals surface area contributed by atoms with Crippen LogP contribution in [-0.2, 0) is 11.2 Å². The normalized spacial score (nSPS) is 22.8. The highest BCUT2D eigenvalue weighted by molar-refractivity contribution is 5.09. The van der Waals surface area contributed by atoms with E-state index in [-0.39, 0.29) is 12.1 Å². The molecule has 2 atom stereocenters. The van der Waals surface area contributed by atoms with E-state index in [2.05, 4.69) is 20.4 Å². The van der Waals surface area contributed by atoms with Crippen LogP contribution in [0.25, 0.3) is 0 Å². The van der Waals surface area contributed by atoms with Crippen molar-refractivity contribution in [2.75, 3.05) is 13.7 Å². The number of methoxy groups -OCH3 is 1. The fourth-order valence-electron chi connectivity index (χ4n) is 2.22. The molecule has 6 nitrogen and oxygen atoms in total. The first-order valence-corrected chi connectivity index (χ1v) is 6.33. The van der Waals surface area contributed by atoms with E-state index in [0.717, 1.165) is 18.7 Å². The number of hydrogen-bond donors (Lipinski definition) is 1. The molecule has 2 aromatic heterocycles. The maximum absolute atomic E-state index is 5.31. The van der Waals surface area contributed by atoms with Crippen molar-refractivity contribution < 1.29 is 9.26 Å². The highest BCUT2D eigenvalue weighted by Crippen LogP contribution is 2.23. The van der Waals surface area contributed by atoms with E-state index in [1.807, 2.05) is 18.2 Å². The Balaban J connectivity index is 1.67. The third-order valence-corrected chi connectivity index (χ3v) is 3.27. The second-order valence-corrected chi connectivity index (χ2v) is 4.60. The molecule has 2 aromatic rings. The summed E-state index contributed by atoms with van der Waals surface area (Å²) in [7, 11) is 1.72. The topological polar surface area (TPSA) is 73.1 Å². The molecule has 1 aliphatic heterocycles. The molecule has 0 spiro atoms. The van der Waals surface area contributed by atoms with Gasteiger partial charge in [0.1, 0.15) is 0 Å². The lowest BCUT2D eigenvalue weighted by atomic mass is 10.2. The first-order chi connectivity index (χ1) is 9.35. The highest BCUT2D eigenvalue weighted by Gasteiger charge is 2.29. The molecule has 1 aliphatic rings. The van der Waals surface area contributed by atoms with Gasteiger partial charge in [0.2, 0.25) is 5.89 Å². The minimum Gasteiger partial charge on any atom is -0.380 e. The first kappa shape index (κ1) is 12.3. The number of pyridine rings is 1. The summed E-state index contributed by atoms with van der Waals surface area (Å²) in [6.07, 6.45) is 3.43. The number of aromatic nitrogens is 3. The molecule has 0 aromatic carbocycles. The molecular weight excluding hydrogens is 244 g/mol. The fraction of sp³-hybridized carbons (Fsp3) is 0.462. The third kappa shape index (κ3) is 2.80.